The zero-order valence-electron chi connectivity index (χ0n) is 6.96. The molecular formula is C8H8BrNO3. The van der Waals surface area contributed by atoms with Crippen molar-refractivity contribution in [2.45, 2.75) is 0 Å². The Labute approximate surface area is 83.4 Å². The number of ketones is 1. The van der Waals surface area contributed by atoms with Gasteiger partial charge in [-0.2, -0.15) is 0 Å². The smallest absolute Gasteiger partial charge is 0.286 e. The molecule has 1 aromatic rings. The minimum Gasteiger partial charge on any atom is -0.448 e. The molecule has 0 radical (unpaired) electrons. The quantitative estimate of drug-likeness (QED) is 0.644. The highest BCUT2D eigenvalue weighted by atomic mass is 79.9. The Balaban J connectivity index is 2.86. The maximum atomic E-state index is 11.1. The topological polar surface area (TPSA) is 59.3 Å². The van der Waals surface area contributed by atoms with Crippen molar-refractivity contribution in [2.24, 2.45) is 0 Å². The van der Waals surface area contributed by atoms with Gasteiger partial charge in [-0.15, -0.1) is 0 Å². The van der Waals surface area contributed by atoms with Crippen LogP contribution in [0, 0.1) is 0 Å². The van der Waals surface area contributed by atoms with Gasteiger partial charge in [0.05, 0.1) is 5.33 Å². The number of alkyl halides is 1. The van der Waals surface area contributed by atoms with Gasteiger partial charge in [-0.25, -0.2) is 0 Å². The summed E-state index contributed by atoms with van der Waals surface area (Å²) >= 11 is 3.00. The molecule has 0 aromatic carbocycles. The average molecular weight is 246 g/mol. The molecule has 13 heavy (non-hydrogen) atoms. The standard InChI is InChI=1S/C8H8BrNO3/c1-10-8(12)7-3-2-6(13-7)5(11)4-9/h2-3H,4H2,1H3,(H,10,12). The van der Waals surface area contributed by atoms with Crippen LogP contribution in [0.3, 0.4) is 0 Å². The van der Waals surface area contributed by atoms with Crippen LogP contribution >= 0.6 is 15.9 Å². The number of furan rings is 1. The van der Waals surface area contributed by atoms with E-state index in [9.17, 15) is 9.59 Å². The summed E-state index contributed by atoms with van der Waals surface area (Å²) in [6.45, 7) is 0. The zero-order valence-corrected chi connectivity index (χ0v) is 8.55. The molecule has 4 nitrogen and oxygen atoms in total. The van der Waals surface area contributed by atoms with Gasteiger partial charge in [-0.05, 0) is 12.1 Å². The number of rotatable bonds is 3. The van der Waals surface area contributed by atoms with E-state index in [-0.39, 0.29) is 28.5 Å². The second-order valence-corrected chi connectivity index (χ2v) is 2.86. The first-order valence-corrected chi connectivity index (χ1v) is 4.72. The molecule has 0 unspecified atom stereocenters. The first-order chi connectivity index (χ1) is 6.19. The summed E-state index contributed by atoms with van der Waals surface area (Å²) in [7, 11) is 1.50. The summed E-state index contributed by atoms with van der Waals surface area (Å²) in [5.74, 6) is -0.189. The maximum Gasteiger partial charge on any atom is 0.286 e. The third-order valence-corrected chi connectivity index (χ3v) is 1.96. The van der Waals surface area contributed by atoms with Gasteiger partial charge in [-0.1, -0.05) is 15.9 Å². The van der Waals surface area contributed by atoms with E-state index >= 15 is 0 Å². The molecule has 0 aliphatic heterocycles. The highest BCUT2D eigenvalue weighted by molar-refractivity contribution is 9.09. The molecule has 5 heteroatoms. The van der Waals surface area contributed by atoms with Gasteiger partial charge in [0.15, 0.2) is 11.5 Å². The van der Waals surface area contributed by atoms with E-state index in [2.05, 4.69) is 21.2 Å². The molecule has 1 amide bonds. The van der Waals surface area contributed by atoms with E-state index < -0.39 is 0 Å². The van der Waals surface area contributed by atoms with Crippen molar-refractivity contribution in [1.82, 2.24) is 5.32 Å². The Hall–Kier alpha value is -1.10. The lowest BCUT2D eigenvalue weighted by atomic mass is 10.3. The Morgan fingerprint density at radius 3 is 2.62 bits per heavy atom. The molecule has 1 heterocycles. The van der Waals surface area contributed by atoms with E-state index in [4.69, 9.17) is 4.42 Å². The third-order valence-electron chi connectivity index (χ3n) is 1.45. The lowest BCUT2D eigenvalue weighted by Gasteiger charge is -1.93. The molecule has 0 bridgehead atoms. The van der Waals surface area contributed by atoms with Crippen LogP contribution < -0.4 is 5.32 Å². The Morgan fingerprint density at radius 2 is 2.08 bits per heavy atom. The number of carbonyl (C=O) groups is 2. The van der Waals surface area contributed by atoms with Crippen LogP contribution in [0.5, 0.6) is 0 Å². The minimum absolute atomic E-state index is 0.145. The highest BCUT2D eigenvalue weighted by Crippen LogP contribution is 2.09. The largest absolute Gasteiger partial charge is 0.448 e. The van der Waals surface area contributed by atoms with Gasteiger partial charge < -0.3 is 9.73 Å². The van der Waals surface area contributed by atoms with Crippen LogP contribution in [-0.2, 0) is 0 Å². The molecule has 0 aliphatic carbocycles. The van der Waals surface area contributed by atoms with E-state index in [0.717, 1.165) is 0 Å². The highest BCUT2D eigenvalue weighted by Gasteiger charge is 2.13. The first-order valence-electron chi connectivity index (χ1n) is 3.60. The molecule has 0 spiro atoms. The molecule has 0 fully saturated rings. The molecule has 0 saturated carbocycles. The second kappa shape index (κ2) is 4.23. The molecule has 0 aliphatic rings. The minimum atomic E-state index is -0.339. The summed E-state index contributed by atoms with van der Waals surface area (Å²) in [6.07, 6.45) is 0. The zero-order chi connectivity index (χ0) is 9.84. The SMILES string of the molecule is CNC(=O)c1ccc(C(=O)CBr)o1. The van der Waals surface area contributed by atoms with Gasteiger partial charge in [0.2, 0.25) is 5.78 Å². The fourth-order valence-electron chi connectivity index (χ4n) is 0.799. The number of hydrogen-bond acceptors (Lipinski definition) is 3. The van der Waals surface area contributed by atoms with Crippen molar-refractivity contribution in [2.75, 3.05) is 12.4 Å². The molecule has 1 aromatic heterocycles. The number of halogens is 1. The van der Waals surface area contributed by atoms with Crippen LogP contribution in [0.25, 0.3) is 0 Å². The summed E-state index contributed by atoms with van der Waals surface area (Å²) in [5, 5.41) is 2.58. The fraction of sp³-hybridized carbons (Fsp3) is 0.250. The van der Waals surface area contributed by atoms with Crippen LogP contribution in [0.15, 0.2) is 16.5 Å². The van der Waals surface area contributed by atoms with E-state index in [1.165, 1.54) is 19.2 Å². The number of amides is 1. The summed E-state index contributed by atoms with van der Waals surface area (Å²) in [4.78, 5) is 22.1. The Bertz CT molecular complexity index is 301. The van der Waals surface area contributed by atoms with E-state index in [0.29, 0.717) is 0 Å². The van der Waals surface area contributed by atoms with Crippen LogP contribution in [0.4, 0.5) is 0 Å². The van der Waals surface area contributed by atoms with Crippen LogP contribution in [0.1, 0.15) is 21.1 Å². The Morgan fingerprint density at radius 1 is 1.46 bits per heavy atom. The fourth-order valence-corrected chi connectivity index (χ4v) is 1.08. The van der Waals surface area contributed by atoms with Crippen molar-refractivity contribution in [3.05, 3.63) is 23.7 Å². The van der Waals surface area contributed by atoms with Gasteiger partial charge in [0, 0.05) is 7.05 Å². The normalized spacial score (nSPS) is 9.69. The predicted octanol–water partition coefficient (Wildman–Crippen LogP) is 1.22. The number of nitrogens with one attached hydrogen (secondary N) is 1. The number of hydrogen-bond donors (Lipinski definition) is 1. The maximum absolute atomic E-state index is 11.1. The van der Waals surface area contributed by atoms with Gasteiger partial charge in [-0.3, -0.25) is 9.59 Å². The van der Waals surface area contributed by atoms with Crippen molar-refractivity contribution < 1.29 is 14.0 Å². The predicted molar refractivity (Wildman–Crippen MR) is 50.2 cm³/mol. The second-order valence-electron chi connectivity index (χ2n) is 2.30. The van der Waals surface area contributed by atoms with Crippen molar-refractivity contribution in [3.63, 3.8) is 0 Å². The summed E-state index contributed by atoms with van der Waals surface area (Å²) in [5.41, 5.74) is 0. The Kier molecular flexibility index (Phi) is 3.25. The lowest BCUT2D eigenvalue weighted by Crippen LogP contribution is -2.16. The molecule has 0 atom stereocenters. The van der Waals surface area contributed by atoms with Crippen LogP contribution in [-0.4, -0.2) is 24.1 Å². The van der Waals surface area contributed by atoms with Crippen molar-refractivity contribution >= 4 is 27.6 Å². The molecular weight excluding hydrogens is 238 g/mol. The number of carbonyl (C=O) groups excluding carboxylic acids is 2. The summed E-state index contributed by atoms with van der Waals surface area (Å²) < 4.78 is 5.00. The lowest BCUT2D eigenvalue weighted by molar-refractivity contribution is 0.0927. The van der Waals surface area contributed by atoms with Gasteiger partial charge in [0.1, 0.15) is 0 Å². The van der Waals surface area contributed by atoms with E-state index in [1.807, 2.05) is 0 Å². The molecule has 1 rings (SSSR count). The summed E-state index contributed by atoms with van der Waals surface area (Å²) in [6, 6.07) is 2.95. The third kappa shape index (κ3) is 2.18. The van der Waals surface area contributed by atoms with Crippen LogP contribution in [0.2, 0.25) is 0 Å². The molecule has 1 N–H and O–H groups in total. The molecule has 0 saturated heterocycles. The van der Waals surface area contributed by atoms with Gasteiger partial charge >= 0.3 is 0 Å². The van der Waals surface area contributed by atoms with E-state index in [1.54, 1.807) is 0 Å². The number of Topliss-reactive ketones (excluding diaryl/α,β-unsaturated/α-hetero) is 1. The van der Waals surface area contributed by atoms with Gasteiger partial charge in [0.25, 0.3) is 5.91 Å². The monoisotopic (exact) mass is 245 g/mol. The van der Waals surface area contributed by atoms with Crippen molar-refractivity contribution in [3.8, 4) is 0 Å². The first kappa shape index (κ1) is 9.98. The average Bonchev–Trinajstić information content (AvgIpc) is 2.64. The molecule has 70 valence electrons. The van der Waals surface area contributed by atoms with Crippen molar-refractivity contribution in [1.29, 1.82) is 0 Å².